The minimum atomic E-state index is -3.84. The molecule has 0 spiro atoms. The number of carbonyl (C=O) groups is 1. The van der Waals surface area contributed by atoms with Crippen molar-refractivity contribution in [2.24, 2.45) is 17.0 Å². The van der Waals surface area contributed by atoms with Crippen LogP contribution in [-0.4, -0.2) is 46.4 Å². The summed E-state index contributed by atoms with van der Waals surface area (Å²) in [4.78, 5) is 21.0. The summed E-state index contributed by atoms with van der Waals surface area (Å²) in [5.74, 6) is 1.24. The van der Waals surface area contributed by atoms with Crippen LogP contribution in [0.5, 0.6) is 0 Å². The summed E-state index contributed by atoms with van der Waals surface area (Å²) in [6.45, 7) is 8.62. The minimum absolute atomic E-state index is 0.0560. The number of hydrogen-bond donors (Lipinski definition) is 3. The third kappa shape index (κ3) is 7.16. The van der Waals surface area contributed by atoms with Crippen LogP contribution in [0.3, 0.4) is 0 Å². The maximum Gasteiger partial charge on any atom is 0.407 e. The van der Waals surface area contributed by atoms with Crippen LogP contribution in [0.1, 0.15) is 52.0 Å². The van der Waals surface area contributed by atoms with Crippen molar-refractivity contribution < 1.29 is 17.9 Å². The van der Waals surface area contributed by atoms with Crippen molar-refractivity contribution in [1.29, 1.82) is 0 Å². The van der Waals surface area contributed by atoms with E-state index in [1.54, 1.807) is 31.5 Å². The molecule has 1 saturated carbocycles. The van der Waals surface area contributed by atoms with E-state index >= 15 is 0 Å². The van der Waals surface area contributed by atoms with Crippen molar-refractivity contribution in [3.63, 3.8) is 0 Å². The Bertz CT molecular complexity index is 1370. The summed E-state index contributed by atoms with van der Waals surface area (Å²) in [5, 5.41) is 16.6. The van der Waals surface area contributed by atoms with Gasteiger partial charge in [0.25, 0.3) is 0 Å². The number of benzene rings is 1. The first-order valence-electron chi connectivity index (χ1n) is 12.4. The Balaban J connectivity index is 1.37. The molecule has 0 bridgehead atoms. The molecule has 0 atom stereocenters. The summed E-state index contributed by atoms with van der Waals surface area (Å²) >= 11 is 0. The molecule has 1 aliphatic carbocycles. The fourth-order valence-corrected chi connectivity index (χ4v) is 5.39. The Hall–Kier alpha value is -3.25. The zero-order chi connectivity index (χ0) is 26.8. The molecule has 1 amide bonds. The number of primary sulfonamides is 1. The Morgan fingerprint density at radius 2 is 1.86 bits per heavy atom. The van der Waals surface area contributed by atoms with Crippen molar-refractivity contribution in [3.05, 3.63) is 36.2 Å². The number of alkyl carbamates (subject to hydrolysis) is 1. The predicted octanol–water partition coefficient (Wildman–Crippen LogP) is 3.86. The van der Waals surface area contributed by atoms with Crippen molar-refractivity contribution >= 4 is 38.8 Å². The lowest BCUT2D eigenvalue weighted by Gasteiger charge is -2.29. The molecule has 12 heteroatoms. The standard InChI is InChI=1S/C25H35N7O4S/c1-16-5-10-20(11-21(16)37(26,34)35)30-23-27-13-19-14-29-32(22(19)31-23)15-18-8-6-17(7-9-18)12-28-24(33)36-25(2,3)4/h5,10-11,13-14,17-18H,6-9,12,15H2,1-4H3,(H,28,33)(H2,26,34,35)(H,27,30,31)/t17-,18-. The molecule has 11 nitrogen and oxygen atoms in total. The summed E-state index contributed by atoms with van der Waals surface area (Å²) in [6, 6.07) is 4.92. The van der Waals surface area contributed by atoms with E-state index in [9.17, 15) is 13.2 Å². The third-order valence-corrected chi connectivity index (χ3v) is 7.51. The summed E-state index contributed by atoms with van der Waals surface area (Å²) < 4.78 is 30.9. The van der Waals surface area contributed by atoms with Crippen LogP contribution in [-0.2, 0) is 21.3 Å². The Labute approximate surface area is 217 Å². The van der Waals surface area contributed by atoms with Gasteiger partial charge >= 0.3 is 6.09 Å². The first-order chi connectivity index (χ1) is 17.4. The third-order valence-electron chi connectivity index (χ3n) is 6.46. The molecule has 4 N–H and O–H groups in total. The van der Waals surface area contributed by atoms with Crippen LogP contribution in [0.15, 0.2) is 35.5 Å². The quantitative estimate of drug-likeness (QED) is 0.417. The normalized spacial score (nSPS) is 18.5. The molecule has 1 aliphatic rings. The second-order valence-electron chi connectivity index (χ2n) is 10.7. The highest BCUT2D eigenvalue weighted by molar-refractivity contribution is 7.89. The number of rotatable bonds is 7. The Kier molecular flexibility index (Phi) is 7.69. The van der Waals surface area contributed by atoms with Gasteiger partial charge in [-0.2, -0.15) is 10.1 Å². The fraction of sp³-hybridized carbons (Fsp3) is 0.520. The first-order valence-corrected chi connectivity index (χ1v) is 14.0. The van der Waals surface area contributed by atoms with E-state index in [4.69, 9.17) is 9.88 Å². The van der Waals surface area contributed by atoms with E-state index in [2.05, 4.69) is 25.7 Å². The molecule has 37 heavy (non-hydrogen) atoms. The van der Waals surface area contributed by atoms with E-state index in [1.807, 2.05) is 25.5 Å². The summed E-state index contributed by atoms with van der Waals surface area (Å²) in [6.07, 6.45) is 7.22. The fourth-order valence-electron chi connectivity index (χ4n) is 4.58. The zero-order valence-corrected chi connectivity index (χ0v) is 22.5. The Morgan fingerprint density at radius 1 is 1.16 bits per heavy atom. The van der Waals surface area contributed by atoms with Gasteiger partial charge in [0.15, 0.2) is 5.65 Å². The molecular weight excluding hydrogens is 494 g/mol. The topological polar surface area (TPSA) is 154 Å². The van der Waals surface area contributed by atoms with Gasteiger partial charge in [-0.3, -0.25) is 0 Å². The van der Waals surface area contributed by atoms with E-state index in [-0.39, 0.29) is 11.0 Å². The molecule has 0 saturated heterocycles. The van der Waals surface area contributed by atoms with E-state index in [0.717, 1.165) is 37.6 Å². The van der Waals surface area contributed by atoms with Crippen LogP contribution in [0.4, 0.5) is 16.4 Å². The SMILES string of the molecule is Cc1ccc(Nc2ncc3cnn(C[C@H]4CC[C@H](CNC(=O)OC(C)(C)C)CC4)c3n2)cc1S(N)(=O)=O. The number of carbonyl (C=O) groups excluding carboxylic acids is 1. The van der Waals surface area contributed by atoms with Gasteiger partial charge < -0.3 is 15.4 Å². The van der Waals surface area contributed by atoms with Crippen molar-refractivity contribution in [2.45, 2.75) is 70.4 Å². The van der Waals surface area contributed by atoms with Crippen LogP contribution in [0, 0.1) is 18.8 Å². The van der Waals surface area contributed by atoms with Gasteiger partial charge in [-0.15, -0.1) is 0 Å². The van der Waals surface area contributed by atoms with Crippen LogP contribution in [0.25, 0.3) is 11.0 Å². The van der Waals surface area contributed by atoms with Crippen molar-refractivity contribution in [2.75, 3.05) is 11.9 Å². The largest absolute Gasteiger partial charge is 0.444 e. The number of ether oxygens (including phenoxy) is 1. The van der Waals surface area contributed by atoms with Crippen LogP contribution >= 0.6 is 0 Å². The summed E-state index contributed by atoms with van der Waals surface area (Å²) in [7, 11) is -3.84. The molecule has 0 aliphatic heterocycles. The van der Waals surface area contributed by atoms with E-state index in [1.165, 1.54) is 6.07 Å². The van der Waals surface area contributed by atoms with Gasteiger partial charge in [-0.1, -0.05) is 6.07 Å². The first kappa shape index (κ1) is 26.8. The van der Waals surface area contributed by atoms with E-state index < -0.39 is 15.6 Å². The number of aryl methyl sites for hydroxylation is 1. The second kappa shape index (κ2) is 10.6. The van der Waals surface area contributed by atoms with E-state index in [0.29, 0.717) is 41.2 Å². The number of aromatic nitrogens is 4. The average Bonchev–Trinajstić information content (AvgIpc) is 3.20. The molecule has 0 radical (unpaired) electrons. The molecule has 0 unspecified atom stereocenters. The van der Waals surface area contributed by atoms with Crippen LogP contribution in [0.2, 0.25) is 0 Å². The lowest BCUT2D eigenvalue weighted by atomic mass is 9.82. The molecule has 2 aromatic heterocycles. The van der Waals surface area contributed by atoms with Gasteiger partial charge in [0.2, 0.25) is 16.0 Å². The summed E-state index contributed by atoms with van der Waals surface area (Å²) in [5.41, 5.74) is 1.31. The number of sulfonamides is 1. The number of nitrogens with two attached hydrogens (primary N) is 1. The number of fused-ring (bicyclic) bond motifs is 1. The van der Waals surface area contributed by atoms with Gasteiger partial charge in [0.1, 0.15) is 5.60 Å². The lowest BCUT2D eigenvalue weighted by Crippen LogP contribution is -2.36. The highest BCUT2D eigenvalue weighted by Crippen LogP contribution is 2.30. The molecule has 1 aromatic carbocycles. The monoisotopic (exact) mass is 529 g/mol. The molecule has 1 fully saturated rings. The Morgan fingerprint density at radius 3 is 2.54 bits per heavy atom. The molecule has 200 valence electrons. The number of amides is 1. The van der Waals surface area contributed by atoms with Gasteiger partial charge in [-0.05, 0) is 82.9 Å². The average molecular weight is 530 g/mol. The highest BCUT2D eigenvalue weighted by atomic mass is 32.2. The highest BCUT2D eigenvalue weighted by Gasteiger charge is 2.24. The lowest BCUT2D eigenvalue weighted by molar-refractivity contribution is 0.0513. The van der Waals surface area contributed by atoms with Gasteiger partial charge in [0.05, 0.1) is 16.5 Å². The minimum Gasteiger partial charge on any atom is -0.444 e. The molecule has 3 aromatic rings. The number of hydrogen-bond acceptors (Lipinski definition) is 8. The van der Waals surface area contributed by atoms with Gasteiger partial charge in [-0.25, -0.2) is 28.0 Å². The smallest absolute Gasteiger partial charge is 0.407 e. The number of nitrogens with one attached hydrogen (secondary N) is 2. The van der Waals surface area contributed by atoms with Gasteiger partial charge in [0, 0.05) is 25.0 Å². The number of nitrogens with zero attached hydrogens (tertiary/aromatic N) is 4. The maximum atomic E-state index is 11.9. The molecule has 2 heterocycles. The predicted molar refractivity (Wildman–Crippen MR) is 141 cm³/mol. The molecule has 4 rings (SSSR count). The molecular formula is C25H35N7O4S. The van der Waals surface area contributed by atoms with Crippen molar-refractivity contribution in [1.82, 2.24) is 25.1 Å². The van der Waals surface area contributed by atoms with Crippen LogP contribution < -0.4 is 15.8 Å². The maximum absolute atomic E-state index is 11.9. The van der Waals surface area contributed by atoms with Crippen molar-refractivity contribution in [3.8, 4) is 0 Å². The second-order valence-corrected chi connectivity index (χ2v) is 12.2. The number of anilines is 2. The zero-order valence-electron chi connectivity index (χ0n) is 21.7.